The van der Waals surface area contributed by atoms with Gasteiger partial charge in [-0.25, -0.2) is 9.97 Å². The van der Waals surface area contributed by atoms with Crippen LogP contribution in [0, 0.1) is 0 Å². The number of allylic oxidation sites excluding steroid dienone is 4. The molecular weight excluding hydrogens is 579 g/mol. The molecule has 2 aliphatic heterocycles. The van der Waals surface area contributed by atoms with Gasteiger partial charge in [-0.2, -0.15) is 0 Å². The van der Waals surface area contributed by atoms with Crippen molar-refractivity contribution < 1.29 is 17.1 Å². The Hall–Kier alpha value is -2.59. The molecule has 0 unspecified atom stereocenters. The van der Waals surface area contributed by atoms with Crippen LogP contribution in [-0.2, 0) is 42.8 Å². The summed E-state index contributed by atoms with van der Waals surface area (Å²) in [5.74, 6) is 0. The molecule has 0 saturated heterocycles. The van der Waals surface area contributed by atoms with Crippen molar-refractivity contribution in [3.63, 3.8) is 0 Å². The third-order valence-corrected chi connectivity index (χ3v) is 8.97. The molecule has 0 aliphatic carbocycles. The van der Waals surface area contributed by atoms with E-state index in [1.54, 1.807) is 0 Å². The number of fused-ring (bicyclic) bond motifs is 8. The summed E-state index contributed by atoms with van der Waals surface area (Å²) in [5, 5.41) is 0. The summed E-state index contributed by atoms with van der Waals surface area (Å²) in [4.78, 5) is 18.2. The molecule has 3 aromatic heterocycles. The summed E-state index contributed by atoms with van der Waals surface area (Å²) in [5.41, 5.74) is 20.2. The first kappa shape index (κ1) is 33.9. The predicted molar refractivity (Wildman–Crippen MR) is 181 cm³/mol. The summed E-state index contributed by atoms with van der Waals surface area (Å²) < 4.78 is 0. The molecule has 8 bridgehead atoms. The number of aromatic amines is 2. The summed E-state index contributed by atoms with van der Waals surface area (Å²) in [6.45, 7) is 18.1. The Morgan fingerprint density at radius 2 is 0.619 bits per heavy atom. The van der Waals surface area contributed by atoms with E-state index < -0.39 is 0 Å². The molecule has 3 aromatic rings. The molecule has 2 N–H and O–H groups in total. The van der Waals surface area contributed by atoms with Crippen LogP contribution in [0.25, 0.3) is 44.4 Å². The summed E-state index contributed by atoms with van der Waals surface area (Å²) in [7, 11) is 0. The maximum atomic E-state index is 5.29. The number of aryl methyl sites for hydroxylation is 4. The number of nitrogens with zero attached hydrogens (tertiary/aromatic N) is 2. The Balaban J connectivity index is 0.00000242. The van der Waals surface area contributed by atoms with Crippen molar-refractivity contribution in [1.29, 1.82) is 0 Å². The zero-order chi connectivity index (χ0) is 28.6. The van der Waals surface area contributed by atoms with Gasteiger partial charge >= 0.3 is 0 Å². The van der Waals surface area contributed by atoms with Crippen LogP contribution >= 0.6 is 12.4 Å². The Labute approximate surface area is 268 Å². The predicted octanol–water partition coefficient (Wildman–Crippen LogP) is 10.4. The van der Waals surface area contributed by atoms with Gasteiger partial charge in [0, 0.05) is 39.1 Å². The Morgan fingerprint density at radius 1 is 0.405 bits per heavy atom. The van der Waals surface area contributed by atoms with Crippen molar-refractivity contribution in [3.8, 4) is 0 Å². The van der Waals surface area contributed by atoms with Gasteiger partial charge in [-0.05, 0) is 120 Å². The number of hydrogen-bond donors (Lipinski definition) is 2. The fraction of sp³-hybridized carbons (Fsp3) is 0.444. The molecule has 42 heavy (non-hydrogen) atoms. The SMILES string of the molecule is CCC1=C(CC)c2cc3[nH]c(cc4nc(cc5[nH]c(cc1n2)c(CC)c5CC)C(CC)=C4CC)c(CC)c3CC.Cl.[Mn]. The van der Waals surface area contributed by atoms with Crippen molar-refractivity contribution in [3.05, 3.63) is 69.3 Å². The first-order valence-corrected chi connectivity index (χ1v) is 15.7. The topological polar surface area (TPSA) is 57.4 Å². The summed E-state index contributed by atoms with van der Waals surface area (Å²) in [6, 6.07) is 9.24. The summed E-state index contributed by atoms with van der Waals surface area (Å²) >= 11 is 0. The van der Waals surface area contributed by atoms with E-state index >= 15 is 0 Å². The first-order chi connectivity index (χ1) is 19.5. The van der Waals surface area contributed by atoms with Gasteiger partial charge in [0.05, 0.1) is 22.8 Å². The third kappa shape index (κ3) is 5.68. The van der Waals surface area contributed by atoms with Crippen LogP contribution in [0.2, 0.25) is 0 Å². The fourth-order valence-electron chi connectivity index (χ4n) is 7.10. The number of H-pyrrole nitrogens is 2. The number of nitrogens with one attached hydrogen (secondary N) is 2. The van der Waals surface area contributed by atoms with E-state index in [2.05, 4.69) is 89.6 Å². The number of aromatic nitrogens is 4. The van der Waals surface area contributed by atoms with E-state index in [-0.39, 0.29) is 29.5 Å². The van der Waals surface area contributed by atoms with Crippen LogP contribution in [0.15, 0.2) is 24.3 Å². The molecule has 225 valence electrons. The zero-order valence-corrected chi connectivity index (χ0v) is 28.6. The second-order valence-electron chi connectivity index (χ2n) is 10.9. The Morgan fingerprint density at radius 3 is 0.786 bits per heavy atom. The van der Waals surface area contributed by atoms with Gasteiger partial charge in [0.15, 0.2) is 0 Å². The molecule has 5 rings (SSSR count). The quantitative estimate of drug-likeness (QED) is 0.245. The van der Waals surface area contributed by atoms with Crippen LogP contribution in [0.5, 0.6) is 0 Å². The second-order valence-corrected chi connectivity index (χ2v) is 10.9. The average Bonchev–Trinajstić information content (AvgIpc) is 3.67. The standard InChI is InChI=1S/C36H46N4.ClH.Mn/c1-9-21-22(10-2)30-18-32-25(13-5)26(14-6)34(39-32)20-36-28(16-8)27(15-7)35(40-36)19-33-24(12-4)23(11-3)31(38-33)17-29(21)37-30;;/h17-20,37,40H,9-16H2,1-8H3;1H;. The number of rotatable bonds is 8. The van der Waals surface area contributed by atoms with Gasteiger partial charge in [-0.1, -0.05) is 55.4 Å². The first-order valence-electron chi connectivity index (χ1n) is 15.7. The number of hydrogen-bond acceptors (Lipinski definition) is 2. The molecule has 4 nitrogen and oxygen atoms in total. The molecule has 0 aromatic carbocycles. The van der Waals surface area contributed by atoms with Gasteiger partial charge in [0.1, 0.15) is 0 Å². The fourth-order valence-corrected chi connectivity index (χ4v) is 7.10. The molecule has 6 heteroatoms. The van der Waals surface area contributed by atoms with E-state index in [1.807, 2.05) is 0 Å². The van der Waals surface area contributed by atoms with Crippen LogP contribution < -0.4 is 0 Å². The minimum absolute atomic E-state index is 0. The maximum absolute atomic E-state index is 5.29. The Bertz CT molecular complexity index is 1450. The van der Waals surface area contributed by atoms with Crippen LogP contribution in [0.1, 0.15) is 126 Å². The second kappa shape index (κ2) is 14.3. The van der Waals surface area contributed by atoms with Crippen molar-refractivity contribution in [2.75, 3.05) is 0 Å². The van der Waals surface area contributed by atoms with Gasteiger partial charge in [0.2, 0.25) is 0 Å². The minimum atomic E-state index is 0. The smallest absolute Gasteiger partial charge is 0.0693 e. The van der Waals surface area contributed by atoms with Crippen molar-refractivity contribution in [2.24, 2.45) is 0 Å². The van der Waals surface area contributed by atoms with Gasteiger partial charge in [0.25, 0.3) is 0 Å². The van der Waals surface area contributed by atoms with Crippen LogP contribution in [0.4, 0.5) is 0 Å². The molecule has 0 amide bonds. The van der Waals surface area contributed by atoms with E-state index in [1.165, 1.54) is 66.6 Å². The third-order valence-electron chi connectivity index (χ3n) is 8.97. The molecule has 0 fully saturated rings. The monoisotopic (exact) mass is 625 g/mol. The molecular formula is C36H47ClMnN4. The normalized spacial score (nSPS) is 13.0. The molecule has 0 saturated carbocycles. The molecule has 2 aliphatic rings. The van der Waals surface area contributed by atoms with E-state index in [0.29, 0.717) is 0 Å². The molecule has 0 atom stereocenters. The van der Waals surface area contributed by atoms with Crippen LogP contribution in [-0.4, -0.2) is 19.9 Å². The molecule has 1 radical (unpaired) electrons. The van der Waals surface area contributed by atoms with E-state index in [9.17, 15) is 0 Å². The largest absolute Gasteiger partial charge is 0.355 e. The average molecular weight is 626 g/mol. The minimum Gasteiger partial charge on any atom is -0.355 e. The Kier molecular flexibility index (Phi) is 11.5. The zero-order valence-electron chi connectivity index (χ0n) is 26.6. The van der Waals surface area contributed by atoms with E-state index in [0.717, 1.165) is 74.1 Å². The van der Waals surface area contributed by atoms with Gasteiger partial charge in [-0.15, -0.1) is 12.4 Å². The molecule has 0 spiro atoms. The van der Waals surface area contributed by atoms with Crippen LogP contribution in [0.3, 0.4) is 0 Å². The number of halogens is 1. The van der Waals surface area contributed by atoms with Crippen molar-refractivity contribution >= 4 is 56.8 Å². The van der Waals surface area contributed by atoms with Gasteiger partial charge in [-0.3, -0.25) is 0 Å². The van der Waals surface area contributed by atoms with Gasteiger partial charge < -0.3 is 9.97 Å². The molecule has 5 heterocycles. The van der Waals surface area contributed by atoms with E-state index in [4.69, 9.17) is 9.97 Å². The van der Waals surface area contributed by atoms with Crippen molar-refractivity contribution in [1.82, 2.24) is 19.9 Å². The maximum Gasteiger partial charge on any atom is 0.0693 e. The van der Waals surface area contributed by atoms with Crippen molar-refractivity contribution in [2.45, 2.75) is 107 Å². The summed E-state index contributed by atoms with van der Waals surface area (Å²) in [6.07, 6.45) is 7.84.